The van der Waals surface area contributed by atoms with Crippen LogP contribution in [0.1, 0.15) is 47.1 Å². The van der Waals surface area contributed by atoms with Crippen molar-refractivity contribution in [3.05, 3.63) is 100 Å². The molecule has 37 heavy (non-hydrogen) atoms. The van der Waals surface area contributed by atoms with Crippen molar-refractivity contribution in [1.29, 1.82) is 0 Å². The number of aryl methyl sites for hydroxylation is 1. The molecule has 1 saturated heterocycles. The highest BCUT2D eigenvalue weighted by Gasteiger charge is 2.43. The van der Waals surface area contributed by atoms with Crippen LogP contribution in [0.25, 0.3) is 16.6 Å². The lowest BCUT2D eigenvalue weighted by Crippen LogP contribution is -2.51. The number of aromatic nitrogens is 2. The van der Waals surface area contributed by atoms with Crippen molar-refractivity contribution < 1.29 is 9.53 Å². The number of carbonyl (C=O) groups excluding carboxylic acids is 1. The maximum atomic E-state index is 13.4. The van der Waals surface area contributed by atoms with Crippen LogP contribution in [-0.2, 0) is 0 Å². The van der Waals surface area contributed by atoms with E-state index >= 15 is 0 Å². The summed E-state index contributed by atoms with van der Waals surface area (Å²) in [4.78, 5) is 33.4. The van der Waals surface area contributed by atoms with Crippen LogP contribution >= 0.6 is 0 Å². The number of ether oxygens (including phenoxy) is 1. The van der Waals surface area contributed by atoms with Gasteiger partial charge < -0.3 is 15.0 Å². The Morgan fingerprint density at radius 1 is 1.00 bits per heavy atom. The minimum atomic E-state index is -0.259. The molecule has 0 bridgehead atoms. The number of hydrogen-bond donors (Lipinski definition) is 1. The molecule has 3 heterocycles. The number of nitrogens with one attached hydrogen (secondary N) is 1. The first-order valence-corrected chi connectivity index (χ1v) is 12.8. The van der Waals surface area contributed by atoms with E-state index < -0.39 is 0 Å². The molecule has 1 fully saturated rings. The Labute approximate surface area is 215 Å². The van der Waals surface area contributed by atoms with Crippen LogP contribution in [0.3, 0.4) is 0 Å². The van der Waals surface area contributed by atoms with Crippen molar-refractivity contribution in [2.24, 2.45) is 0 Å². The largest absolute Gasteiger partial charge is 0.487 e. The zero-order valence-electron chi connectivity index (χ0n) is 21.1. The van der Waals surface area contributed by atoms with Gasteiger partial charge in [-0.1, -0.05) is 30.3 Å². The third kappa shape index (κ3) is 4.29. The fourth-order valence-electron chi connectivity index (χ4n) is 5.63. The van der Waals surface area contributed by atoms with Crippen LogP contribution in [0.5, 0.6) is 5.75 Å². The second-order valence-electron chi connectivity index (χ2n) is 10.2. The van der Waals surface area contributed by atoms with E-state index in [-0.39, 0.29) is 23.1 Å². The summed E-state index contributed by atoms with van der Waals surface area (Å²) in [5.41, 5.74) is 2.54. The molecule has 6 rings (SSSR count). The number of fused-ring (bicyclic) bond motifs is 2. The Morgan fingerprint density at radius 3 is 2.49 bits per heavy atom. The molecule has 1 unspecified atom stereocenters. The first kappa shape index (κ1) is 23.4. The lowest BCUT2D eigenvalue weighted by Gasteiger charge is -2.46. The summed E-state index contributed by atoms with van der Waals surface area (Å²) in [6.45, 7) is 3.77. The summed E-state index contributed by atoms with van der Waals surface area (Å²) in [5.74, 6) is 1.32. The quantitative estimate of drug-likeness (QED) is 0.457. The van der Waals surface area contributed by atoms with Gasteiger partial charge in [0.1, 0.15) is 17.2 Å². The number of para-hydroxylation sites is 2. The van der Waals surface area contributed by atoms with Crippen LogP contribution in [0.2, 0.25) is 0 Å². The minimum Gasteiger partial charge on any atom is -0.487 e. The molecule has 4 aromatic rings. The van der Waals surface area contributed by atoms with Gasteiger partial charge in [-0.05, 0) is 69.3 Å². The lowest BCUT2D eigenvalue weighted by atomic mass is 9.80. The molecule has 188 valence electrons. The number of piperidine rings is 1. The van der Waals surface area contributed by atoms with E-state index in [0.717, 1.165) is 43.7 Å². The van der Waals surface area contributed by atoms with Crippen LogP contribution in [0.15, 0.2) is 77.6 Å². The Balaban J connectivity index is 1.26. The summed E-state index contributed by atoms with van der Waals surface area (Å²) in [6.07, 6.45) is 2.62. The predicted molar refractivity (Wildman–Crippen MR) is 143 cm³/mol. The average Bonchev–Trinajstić information content (AvgIpc) is 2.91. The van der Waals surface area contributed by atoms with E-state index in [4.69, 9.17) is 4.74 Å². The number of hydrogen-bond acceptors (Lipinski definition) is 5. The molecule has 0 aliphatic carbocycles. The van der Waals surface area contributed by atoms with E-state index in [1.807, 2.05) is 49.4 Å². The third-order valence-corrected chi connectivity index (χ3v) is 7.73. The molecule has 2 aliphatic heterocycles. The number of likely N-dealkylation sites (tertiary alicyclic amines) is 1. The predicted octanol–water partition coefficient (Wildman–Crippen LogP) is 4.41. The Bertz CT molecular complexity index is 1540. The van der Waals surface area contributed by atoms with Gasteiger partial charge in [0.2, 0.25) is 0 Å². The van der Waals surface area contributed by atoms with E-state index in [9.17, 15) is 9.59 Å². The van der Waals surface area contributed by atoms with Gasteiger partial charge in [-0.15, -0.1) is 0 Å². The van der Waals surface area contributed by atoms with Gasteiger partial charge in [0.25, 0.3) is 11.5 Å². The molecule has 1 atom stereocenters. The van der Waals surface area contributed by atoms with Crippen LogP contribution in [0.4, 0.5) is 0 Å². The summed E-state index contributed by atoms with van der Waals surface area (Å²) in [7, 11) is 2.14. The first-order chi connectivity index (χ1) is 17.9. The van der Waals surface area contributed by atoms with E-state index in [2.05, 4.69) is 22.2 Å². The zero-order chi connectivity index (χ0) is 25.6. The standard InChI is InChI=1S/C30H30N4O3/c1-20-31-25-9-5-3-8-24(25)29(36)34(20)22-13-11-21(12-14-22)28(35)32-26-19-30(15-17-33(2)18-16-30)37-27-10-6-4-7-23(26)27/h3-14,26H,15-19H2,1-2H3,(H,32,35). The second-order valence-corrected chi connectivity index (χ2v) is 10.2. The molecular formula is C30H30N4O3. The topological polar surface area (TPSA) is 76.5 Å². The highest BCUT2D eigenvalue weighted by atomic mass is 16.5. The third-order valence-electron chi connectivity index (χ3n) is 7.73. The van der Waals surface area contributed by atoms with Crippen LogP contribution < -0.4 is 15.6 Å². The molecule has 1 spiro atoms. The van der Waals surface area contributed by atoms with Gasteiger partial charge in [0.05, 0.1) is 22.6 Å². The smallest absolute Gasteiger partial charge is 0.265 e. The fourth-order valence-corrected chi connectivity index (χ4v) is 5.63. The number of amides is 1. The van der Waals surface area contributed by atoms with Gasteiger partial charge in [0.15, 0.2) is 0 Å². The monoisotopic (exact) mass is 494 g/mol. The van der Waals surface area contributed by atoms with Crippen LogP contribution in [-0.4, -0.2) is 46.1 Å². The van der Waals surface area contributed by atoms with Crippen molar-refractivity contribution in [2.75, 3.05) is 20.1 Å². The molecule has 7 heteroatoms. The summed E-state index contributed by atoms with van der Waals surface area (Å²) in [6, 6.07) is 22.3. The highest BCUT2D eigenvalue weighted by Crippen LogP contribution is 2.44. The maximum Gasteiger partial charge on any atom is 0.265 e. The van der Waals surface area contributed by atoms with Crippen molar-refractivity contribution in [1.82, 2.24) is 19.8 Å². The molecule has 1 amide bonds. The van der Waals surface area contributed by atoms with Crippen molar-refractivity contribution >= 4 is 16.8 Å². The summed E-state index contributed by atoms with van der Waals surface area (Å²) < 4.78 is 8.11. The van der Waals surface area contributed by atoms with Crippen molar-refractivity contribution in [3.63, 3.8) is 0 Å². The molecule has 1 N–H and O–H groups in total. The maximum absolute atomic E-state index is 13.4. The average molecular weight is 495 g/mol. The van der Waals surface area contributed by atoms with E-state index in [1.165, 1.54) is 0 Å². The normalized spacial score (nSPS) is 18.8. The lowest BCUT2D eigenvalue weighted by molar-refractivity contribution is -0.0195. The molecule has 7 nitrogen and oxygen atoms in total. The molecule has 1 aromatic heterocycles. The zero-order valence-corrected chi connectivity index (χ0v) is 21.1. The van der Waals surface area contributed by atoms with Gasteiger partial charge in [-0.2, -0.15) is 0 Å². The summed E-state index contributed by atoms with van der Waals surface area (Å²) in [5, 5.41) is 3.83. The van der Waals surface area contributed by atoms with Crippen LogP contribution in [0, 0.1) is 6.92 Å². The van der Waals surface area contributed by atoms with E-state index in [0.29, 0.717) is 28.0 Å². The minimum absolute atomic E-state index is 0.123. The second kappa shape index (κ2) is 9.16. The van der Waals surface area contributed by atoms with Crippen molar-refractivity contribution in [2.45, 2.75) is 37.8 Å². The van der Waals surface area contributed by atoms with Gasteiger partial charge in [-0.25, -0.2) is 4.98 Å². The number of nitrogens with zero attached hydrogens (tertiary/aromatic N) is 3. The molecule has 0 saturated carbocycles. The van der Waals surface area contributed by atoms with Gasteiger partial charge in [0, 0.05) is 30.6 Å². The molecule has 2 aliphatic rings. The number of benzene rings is 3. The highest BCUT2D eigenvalue weighted by molar-refractivity contribution is 5.94. The van der Waals surface area contributed by atoms with E-state index in [1.54, 1.807) is 34.9 Å². The molecule has 3 aromatic carbocycles. The fraction of sp³-hybridized carbons (Fsp3) is 0.300. The SMILES string of the molecule is Cc1nc2ccccc2c(=O)n1-c1ccc(C(=O)NC2CC3(CCN(C)CC3)Oc3ccccc32)cc1. The Hall–Kier alpha value is -3.97. The van der Waals surface area contributed by atoms with Crippen molar-refractivity contribution in [3.8, 4) is 11.4 Å². The number of rotatable bonds is 3. The molecule has 0 radical (unpaired) electrons. The Morgan fingerprint density at radius 2 is 1.70 bits per heavy atom. The Kier molecular flexibility index (Phi) is 5.80. The summed E-state index contributed by atoms with van der Waals surface area (Å²) >= 11 is 0. The number of carbonyl (C=O) groups is 1. The van der Waals surface area contributed by atoms with Gasteiger partial charge >= 0.3 is 0 Å². The van der Waals surface area contributed by atoms with Gasteiger partial charge in [-0.3, -0.25) is 14.2 Å². The first-order valence-electron chi connectivity index (χ1n) is 12.8. The molecular weight excluding hydrogens is 464 g/mol.